The molecule has 0 saturated carbocycles. The molecule has 1 rings (SSSR count). The maximum absolute atomic E-state index is 11.7. The van der Waals surface area contributed by atoms with Crippen LogP contribution in [0.2, 0.25) is 0 Å². The van der Waals surface area contributed by atoms with Crippen LogP contribution in [0.1, 0.15) is 58.3 Å². The standard InChI is InChI=1S/C27H47NO9/c1-3-5-6-7-8-9-10-11-12-13-31-14-15-32-16-17-33-18-19-34-20-21-35-22-23-37-25-24(36-4-2)26(29)28-27(25)30/h3H,1,4-23H2,2H3,(H,28,29,30). The summed E-state index contributed by atoms with van der Waals surface area (Å²) in [5.74, 6) is -1.38. The van der Waals surface area contributed by atoms with Gasteiger partial charge in [-0.05, 0) is 26.2 Å². The molecule has 0 aromatic rings. The van der Waals surface area contributed by atoms with E-state index in [1.807, 2.05) is 6.08 Å². The van der Waals surface area contributed by atoms with E-state index >= 15 is 0 Å². The van der Waals surface area contributed by atoms with Gasteiger partial charge in [0.15, 0.2) is 0 Å². The number of amides is 2. The quantitative estimate of drug-likeness (QED) is 0.0927. The molecule has 0 unspecified atom stereocenters. The maximum Gasteiger partial charge on any atom is 0.297 e. The lowest BCUT2D eigenvalue weighted by Crippen LogP contribution is -2.24. The third kappa shape index (κ3) is 18.0. The zero-order chi connectivity index (χ0) is 26.8. The van der Waals surface area contributed by atoms with Gasteiger partial charge in [-0.15, -0.1) is 6.58 Å². The molecule has 0 atom stereocenters. The fourth-order valence-corrected chi connectivity index (χ4v) is 3.39. The summed E-state index contributed by atoms with van der Waals surface area (Å²) in [7, 11) is 0. The average molecular weight is 530 g/mol. The summed E-state index contributed by atoms with van der Waals surface area (Å²) in [6.07, 6.45) is 12.0. The molecule has 2 amide bonds. The Kier molecular flexibility index (Phi) is 21.8. The average Bonchev–Trinajstić information content (AvgIpc) is 3.16. The molecule has 1 aliphatic heterocycles. The van der Waals surface area contributed by atoms with E-state index in [-0.39, 0.29) is 31.3 Å². The van der Waals surface area contributed by atoms with E-state index in [1.54, 1.807) is 6.92 Å². The Bertz CT molecular complexity index is 639. The predicted octanol–water partition coefficient (Wildman–Crippen LogP) is 3.30. The molecule has 37 heavy (non-hydrogen) atoms. The molecular formula is C27H47NO9. The number of hydrogen-bond donors (Lipinski definition) is 1. The van der Waals surface area contributed by atoms with Gasteiger partial charge in [0.1, 0.15) is 6.61 Å². The van der Waals surface area contributed by atoms with Gasteiger partial charge in [-0.3, -0.25) is 14.9 Å². The lowest BCUT2D eigenvalue weighted by atomic mass is 10.1. The zero-order valence-electron chi connectivity index (χ0n) is 22.6. The molecule has 0 bridgehead atoms. The first-order valence-corrected chi connectivity index (χ1v) is 13.6. The largest absolute Gasteiger partial charge is 0.485 e. The Morgan fingerprint density at radius 3 is 1.46 bits per heavy atom. The van der Waals surface area contributed by atoms with Crippen LogP contribution in [-0.4, -0.2) is 91.1 Å². The van der Waals surface area contributed by atoms with Crippen molar-refractivity contribution in [1.29, 1.82) is 0 Å². The second kappa shape index (κ2) is 24.4. The highest BCUT2D eigenvalue weighted by Crippen LogP contribution is 2.15. The molecule has 0 fully saturated rings. The van der Waals surface area contributed by atoms with Crippen LogP contribution < -0.4 is 5.32 Å². The Labute approximate surface area is 222 Å². The normalized spacial score (nSPS) is 13.3. The van der Waals surface area contributed by atoms with Crippen LogP contribution in [0.5, 0.6) is 0 Å². The first kappa shape index (κ1) is 33.0. The number of carbonyl (C=O) groups excluding carboxylic acids is 2. The number of carbonyl (C=O) groups is 2. The Morgan fingerprint density at radius 2 is 0.973 bits per heavy atom. The van der Waals surface area contributed by atoms with Crippen molar-refractivity contribution in [2.75, 3.05) is 79.3 Å². The Balaban J connectivity index is 1.75. The predicted molar refractivity (Wildman–Crippen MR) is 139 cm³/mol. The number of unbranched alkanes of at least 4 members (excludes halogenated alkanes) is 7. The number of imide groups is 1. The molecule has 0 aliphatic carbocycles. The summed E-state index contributed by atoms with van der Waals surface area (Å²) >= 11 is 0. The Morgan fingerprint density at radius 1 is 0.568 bits per heavy atom. The van der Waals surface area contributed by atoms with Crippen LogP contribution in [0.15, 0.2) is 24.2 Å². The Hall–Kier alpha value is -1.98. The zero-order valence-corrected chi connectivity index (χ0v) is 22.6. The molecule has 10 heteroatoms. The monoisotopic (exact) mass is 529 g/mol. The minimum absolute atomic E-state index is 0.0862. The number of ether oxygens (including phenoxy) is 7. The highest BCUT2D eigenvalue weighted by atomic mass is 16.6. The number of nitrogens with one attached hydrogen (secondary N) is 1. The van der Waals surface area contributed by atoms with Gasteiger partial charge in [0.2, 0.25) is 11.5 Å². The smallest absolute Gasteiger partial charge is 0.297 e. The molecule has 1 N–H and O–H groups in total. The van der Waals surface area contributed by atoms with Gasteiger partial charge in [-0.25, -0.2) is 0 Å². The second-order valence-electron chi connectivity index (χ2n) is 8.34. The van der Waals surface area contributed by atoms with Crippen molar-refractivity contribution in [2.45, 2.75) is 58.3 Å². The molecule has 0 aromatic heterocycles. The van der Waals surface area contributed by atoms with Gasteiger partial charge in [0.25, 0.3) is 11.8 Å². The van der Waals surface area contributed by atoms with E-state index in [1.165, 1.54) is 38.5 Å². The fraction of sp³-hybridized carbons (Fsp3) is 0.778. The summed E-state index contributed by atoms with van der Waals surface area (Å²) < 4.78 is 37.8. The lowest BCUT2D eigenvalue weighted by Gasteiger charge is -2.09. The molecule has 214 valence electrons. The minimum atomic E-state index is -0.599. The van der Waals surface area contributed by atoms with Gasteiger partial charge < -0.3 is 33.2 Å². The maximum atomic E-state index is 11.7. The van der Waals surface area contributed by atoms with E-state index in [4.69, 9.17) is 33.2 Å². The van der Waals surface area contributed by atoms with Crippen molar-refractivity contribution in [2.24, 2.45) is 0 Å². The van der Waals surface area contributed by atoms with Gasteiger partial charge in [-0.2, -0.15) is 0 Å². The SMILES string of the molecule is C=CCCCCCCCCCOCCOCCOCCOCCOCCOC1=C(OCC)C(=O)NC1=O. The molecule has 10 nitrogen and oxygen atoms in total. The molecular weight excluding hydrogens is 482 g/mol. The topological polar surface area (TPSA) is 111 Å². The molecule has 0 aromatic carbocycles. The van der Waals surface area contributed by atoms with Gasteiger partial charge in [0, 0.05) is 6.61 Å². The third-order valence-corrected chi connectivity index (χ3v) is 5.29. The van der Waals surface area contributed by atoms with Crippen LogP contribution in [0.4, 0.5) is 0 Å². The highest BCUT2D eigenvalue weighted by molar-refractivity contribution is 6.17. The van der Waals surface area contributed by atoms with Crippen molar-refractivity contribution in [3.8, 4) is 0 Å². The van der Waals surface area contributed by atoms with E-state index < -0.39 is 11.8 Å². The number of hydrogen-bond acceptors (Lipinski definition) is 9. The van der Waals surface area contributed by atoms with Crippen LogP contribution in [0.25, 0.3) is 0 Å². The van der Waals surface area contributed by atoms with Crippen molar-refractivity contribution in [3.63, 3.8) is 0 Å². The van der Waals surface area contributed by atoms with Crippen LogP contribution in [0, 0.1) is 0 Å². The van der Waals surface area contributed by atoms with Crippen LogP contribution in [-0.2, 0) is 42.7 Å². The van der Waals surface area contributed by atoms with Crippen molar-refractivity contribution in [3.05, 3.63) is 24.2 Å². The van der Waals surface area contributed by atoms with Crippen LogP contribution >= 0.6 is 0 Å². The van der Waals surface area contributed by atoms with Crippen molar-refractivity contribution < 1.29 is 42.7 Å². The molecule has 0 spiro atoms. The summed E-state index contributed by atoms with van der Waals surface area (Å²) in [5.41, 5.74) is 0. The summed E-state index contributed by atoms with van der Waals surface area (Å²) in [5, 5.41) is 2.13. The van der Waals surface area contributed by atoms with Gasteiger partial charge in [-0.1, -0.05) is 38.2 Å². The van der Waals surface area contributed by atoms with E-state index in [0.29, 0.717) is 52.9 Å². The van der Waals surface area contributed by atoms with Crippen LogP contribution in [0.3, 0.4) is 0 Å². The first-order valence-electron chi connectivity index (χ1n) is 13.6. The summed E-state index contributed by atoms with van der Waals surface area (Å²) in [4.78, 5) is 23.2. The number of allylic oxidation sites excluding steroid dienone is 1. The second-order valence-corrected chi connectivity index (χ2v) is 8.34. The lowest BCUT2D eigenvalue weighted by molar-refractivity contribution is -0.126. The fourth-order valence-electron chi connectivity index (χ4n) is 3.39. The third-order valence-electron chi connectivity index (χ3n) is 5.29. The molecule has 1 aliphatic rings. The van der Waals surface area contributed by atoms with Gasteiger partial charge >= 0.3 is 0 Å². The summed E-state index contributed by atoms with van der Waals surface area (Å²) in [6.45, 7) is 10.9. The van der Waals surface area contributed by atoms with E-state index in [0.717, 1.165) is 19.4 Å². The summed E-state index contributed by atoms with van der Waals surface area (Å²) in [6, 6.07) is 0. The molecule has 0 radical (unpaired) electrons. The highest BCUT2D eigenvalue weighted by Gasteiger charge is 2.33. The van der Waals surface area contributed by atoms with Gasteiger partial charge in [0.05, 0.1) is 66.1 Å². The minimum Gasteiger partial charge on any atom is -0.485 e. The van der Waals surface area contributed by atoms with E-state index in [2.05, 4.69) is 11.9 Å². The van der Waals surface area contributed by atoms with Crippen molar-refractivity contribution >= 4 is 11.8 Å². The van der Waals surface area contributed by atoms with Crippen molar-refractivity contribution in [1.82, 2.24) is 5.32 Å². The van der Waals surface area contributed by atoms with E-state index in [9.17, 15) is 9.59 Å². The first-order chi connectivity index (χ1) is 18.2. The molecule has 1 heterocycles. The number of rotatable bonds is 28. The molecule has 0 saturated heterocycles.